The molecule has 1 aromatic carbocycles. The van der Waals surface area contributed by atoms with Gasteiger partial charge in [-0.1, -0.05) is 22.8 Å². The minimum Gasteiger partial charge on any atom is -0.457 e. The van der Waals surface area contributed by atoms with Gasteiger partial charge in [0.25, 0.3) is 0 Å². The first kappa shape index (κ1) is 13.2. The molecule has 0 radical (unpaired) electrons. The van der Waals surface area contributed by atoms with Crippen molar-refractivity contribution in [2.75, 3.05) is 5.73 Å². The molecule has 4 nitrogen and oxygen atoms in total. The molecule has 0 saturated heterocycles. The smallest absolute Gasteiger partial charge is 0.181 e. The van der Waals surface area contributed by atoms with Gasteiger partial charge in [-0.15, -0.1) is 0 Å². The van der Waals surface area contributed by atoms with Crippen LogP contribution in [0.1, 0.15) is 0 Å². The molecule has 0 saturated carbocycles. The third-order valence-electron chi connectivity index (χ3n) is 2.79. The van der Waals surface area contributed by atoms with Crippen molar-refractivity contribution in [1.29, 1.82) is 0 Å². The summed E-state index contributed by atoms with van der Waals surface area (Å²) in [6, 6.07) is 6.03. The molecule has 3 rings (SSSR count). The Morgan fingerprint density at radius 2 is 2.05 bits per heavy atom. The van der Waals surface area contributed by atoms with Crippen molar-refractivity contribution in [3.8, 4) is 22.5 Å². The second kappa shape index (κ2) is 4.96. The topological polar surface area (TPSA) is 65.2 Å². The van der Waals surface area contributed by atoms with Gasteiger partial charge in [0.2, 0.25) is 0 Å². The highest BCUT2D eigenvalue weighted by Crippen LogP contribution is 2.43. The number of hydrogen-bond donors (Lipinski definition) is 1. The molecule has 0 aliphatic carbocycles. The van der Waals surface area contributed by atoms with Crippen LogP contribution >= 0.6 is 27.5 Å². The van der Waals surface area contributed by atoms with Gasteiger partial charge < -0.3 is 14.7 Å². The van der Waals surface area contributed by atoms with Crippen LogP contribution in [-0.2, 0) is 0 Å². The Hall–Kier alpha value is -1.79. The molecule has 0 aliphatic rings. The van der Waals surface area contributed by atoms with E-state index in [4.69, 9.17) is 26.3 Å². The summed E-state index contributed by atoms with van der Waals surface area (Å²) in [4.78, 5) is 0. The number of anilines is 1. The second-order valence-electron chi connectivity index (χ2n) is 3.98. The number of furan rings is 1. The van der Waals surface area contributed by atoms with Gasteiger partial charge in [-0.05, 0) is 34.1 Å². The molecule has 0 fully saturated rings. The molecule has 2 heterocycles. The lowest BCUT2D eigenvalue weighted by molar-refractivity contribution is 0.434. The fraction of sp³-hybridized carbons (Fsp3) is 0. The molecule has 7 heteroatoms. The van der Waals surface area contributed by atoms with E-state index in [0.717, 1.165) is 0 Å². The highest BCUT2D eigenvalue weighted by atomic mass is 79.9. The van der Waals surface area contributed by atoms with Gasteiger partial charge in [-0.25, -0.2) is 4.39 Å². The minimum atomic E-state index is -0.506. The van der Waals surface area contributed by atoms with E-state index in [2.05, 4.69) is 21.1 Å². The number of hydrogen-bond acceptors (Lipinski definition) is 4. The minimum absolute atomic E-state index is 0.0556. The lowest BCUT2D eigenvalue weighted by Gasteiger charge is -2.05. The van der Waals surface area contributed by atoms with Crippen molar-refractivity contribution in [2.45, 2.75) is 0 Å². The van der Waals surface area contributed by atoms with E-state index in [1.165, 1.54) is 18.4 Å². The fourth-order valence-electron chi connectivity index (χ4n) is 1.92. The first-order valence-electron chi connectivity index (χ1n) is 5.52. The lowest BCUT2D eigenvalue weighted by atomic mass is 10.0. The molecule has 2 N–H and O–H groups in total. The van der Waals surface area contributed by atoms with Gasteiger partial charge in [0.05, 0.1) is 22.4 Å². The summed E-state index contributed by atoms with van der Waals surface area (Å²) in [6.45, 7) is 0. The van der Waals surface area contributed by atoms with Crippen LogP contribution in [0.15, 0.2) is 44.1 Å². The van der Waals surface area contributed by atoms with E-state index < -0.39 is 5.82 Å². The largest absolute Gasteiger partial charge is 0.457 e. The highest BCUT2D eigenvalue weighted by Gasteiger charge is 2.24. The zero-order valence-corrected chi connectivity index (χ0v) is 12.2. The summed E-state index contributed by atoms with van der Waals surface area (Å²) in [6.07, 6.45) is 1.46. The van der Waals surface area contributed by atoms with Gasteiger partial charge in [-0.3, -0.25) is 0 Å². The van der Waals surface area contributed by atoms with Crippen molar-refractivity contribution in [3.05, 3.63) is 46.0 Å². The third-order valence-corrected chi connectivity index (χ3v) is 3.72. The van der Waals surface area contributed by atoms with Crippen molar-refractivity contribution < 1.29 is 13.3 Å². The lowest BCUT2D eigenvalue weighted by Crippen LogP contribution is -1.92. The maximum Gasteiger partial charge on any atom is 0.181 e. The van der Waals surface area contributed by atoms with Crippen molar-refractivity contribution in [3.63, 3.8) is 0 Å². The van der Waals surface area contributed by atoms with Crippen LogP contribution in [0.4, 0.5) is 10.2 Å². The zero-order chi connectivity index (χ0) is 14.3. The van der Waals surface area contributed by atoms with Crippen LogP contribution in [-0.4, -0.2) is 5.16 Å². The molecule has 2 aromatic heterocycles. The van der Waals surface area contributed by atoms with Gasteiger partial charge in [0.15, 0.2) is 16.2 Å². The average molecular weight is 358 g/mol. The Morgan fingerprint density at radius 1 is 1.25 bits per heavy atom. The Morgan fingerprint density at radius 3 is 2.70 bits per heavy atom. The second-order valence-corrected chi connectivity index (χ2v) is 5.10. The monoisotopic (exact) mass is 356 g/mol. The summed E-state index contributed by atoms with van der Waals surface area (Å²) >= 11 is 9.30. The maximum atomic E-state index is 14.1. The molecule has 0 bridgehead atoms. The van der Waals surface area contributed by atoms with Crippen LogP contribution in [0.25, 0.3) is 22.5 Å². The quantitative estimate of drug-likeness (QED) is 0.719. The normalized spacial score (nSPS) is 10.9. The molecular weight excluding hydrogens is 351 g/mol. The maximum absolute atomic E-state index is 14.1. The number of nitrogens with zero attached hydrogens (tertiary/aromatic N) is 1. The Kier molecular flexibility index (Phi) is 3.27. The SMILES string of the molecule is Nc1noc(-c2ccoc2Br)c1-c1c(F)cccc1Cl. The van der Waals surface area contributed by atoms with Crippen LogP contribution in [0.5, 0.6) is 0 Å². The fourth-order valence-corrected chi connectivity index (χ4v) is 2.60. The van der Waals surface area contributed by atoms with E-state index in [0.29, 0.717) is 15.8 Å². The van der Waals surface area contributed by atoms with Gasteiger partial charge in [-0.2, -0.15) is 0 Å². The van der Waals surface area contributed by atoms with Crippen LogP contribution in [0.3, 0.4) is 0 Å². The first-order chi connectivity index (χ1) is 9.59. The highest BCUT2D eigenvalue weighted by molar-refractivity contribution is 9.10. The summed E-state index contributed by atoms with van der Waals surface area (Å²) in [5.41, 5.74) is 6.81. The van der Waals surface area contributed by atoms with E-state index in [1.54, 1.807) is 12.1 Å². The van der Waals surface area contributed by atoms with Gasteiger partial charge >= 0.3 is 0 Å². The number of nitrogens with two attached hydrogens (primary N) is 1. The zero-order valence-electron chi connectivity index (χ0n) is 9.86. The van der Waals surface area contributed by atoms with Crippen molar-refractivity contribution in [2.24, 2.45) is 0 Å². The summed E-state index contributed by atoms with van der Waals surface area (Å²) in [5, 5.41) is 3.91. The molecule has 102 valence electrons. The predicted molar refractivity (Wildman–Crippen MR) is 76.7 cm³/mol. The number of halogens is 3. The van der Waals surface area contributed by atoms with Crippen LogP contribution < -0.4 is 5.73 Å². The molecule has 20 heavy (non-hydrogen) atoms. The molecule has 0 aliphatic heterocycles. The number of rotatable bonds is 2. The summed E-state index contributed by atoms with van der Waals surface area (Å²) in [7, 11) is 0. The Balaban J connectivity index is 2.31. The molecular formula is C13H7BrClFN2O2. The molecule has 3 aromatic rings. The third kappa shape index (κ3) is 2.01. The van der Waals surface area contributed by atoms with Crippen LogP contribution in [0.2, 0.25) is 5.02 Å². The number of nitrogen functional groups attached to an aromatic ring is 1. The standard InChI is InChI=1S/C13H7BrClFN2O2/c14-12-6(4-5-19-12)11-10(13(17)18-20-11)9-7(15)2-1-3-8(9)16/h1-5H,(H2,17,18). The molecule has 0 amide bonds. The Bertz CT molecular complexity index is 764. The molecule has 0 spiro atoms. The summed E-state index contributed by atoms with van der Waals surface area (Å²) < 4.78 is 24.8. The van der Waals surface area contributed by atoms with E-state index >= 15 is 0 Å². The van der Waals surface area contributed by atoms with E-state index in [1.807, 2.05) is 0 Å². The summed E-state index contributed by atoms with van der Waals surface area (Å²) in [5.74, 6) is -0.163. The number of benzene rings is 1. The predicted octanol–water partition coefficient (Wildman–Crippen LogP) is 4.74. The molecule has 0 unspecified atom stereocenters. The van der Waals surface area contributed by atoms with Crippen LogP contribution in [0, 0.1) is 5.82 Å². The van der Waals surface area contributed by atoms with E-state index in [9.17, 15) is 4.39 Å². The van der Waals surface area contributed by atoms with Gasteiger partial charge in [0, 0.05) is 5.56 Å². The Labute approximate surface area is 126 Å². The first-order valence-corrected chi connectivity index (χ1v) is 6.69. The van der Waals surface area contributed by atoms with Crippen molar-refractivity contribution in [1.82, 2.24) is 5.16 Å². The van der Waals surface area contributed by atoms with Crippen molar-refractivity contribution >= 4 is 33.3 Å². The number of aromatic nitrogens is 1. The van der Waals surface area contributed by atoms with E-state index in [-0.39, 0.29) is 22.2 Å². The average Bonchev–Trinajstić information content (AvgIpc) is 2.97. The molecule has 0 atom stereocenters. The van der Waals surface area contributed by atoms with Gasteiger partial charge in [0.1, 0.15) is 5.82 Å².